The SMILES string of the molecule is CC1(C)c2ccccc2C2=CC=C(c3ccc(Nc4ccccc4-c4ccccc4)cc3)CC21. The molecule has 166 valence electrons. The van der Waals surface area contributed by atoms with Gasteiger partial charge in [-0.2, -0.15) is 0 Å². The van der Waals surface area contributed by atoms with Gasteiger partial charge in [0.15, 0.2) is 0 Å². The van der Waals surface area contributed by atoms with Crippen molar-refractivity contribution in [3.05, 3.63) is 132 Å². The lowest BCUT2D eigenvalue weighted by molar-refractivity contribution is 0.418. The molecular weight excluding hydrogens is 410 g/mol. The third-order valence-electron chi connectivity index (χ3n) is 7.61. The average Bonchev–Trinajstić information content (AvgIpc) is 3.12. The second-order valence-corrected chi connectivity index (χ2v) is 9.95. The van der Waals surface area contributed by atoms with Crippen molar-refractivity contribution in [1.29, 1.82) is 0 Å². The number of benzene rings is 4. The van der Waals surface area contributed by atoms with Crippen molar-refractivity contribution >= 4 is 22.5 Å². The zero-order valence-corrected chi connectivity index (χ0v) is 19.8. The van der Waals surface area contributed by atoms with Crippen LogP contribution in [-0.4, -0.2) is 0 Å². The van der Waals surface area contributed by atoms with E-state index < -0.39 is 0 Å². The van der Waals surface area contributed by atoms with Crippen LogP contribution in [0.5, 0.6) is 0 Å². The topological polar surface area (TPSA) is 12.0 Å². The van der Waals surface area contributed by atoms with Crippen molar-refractivity contribution < 1.29 is 0 Å². The minimum atomic E-state index is 0.157. The van der Waals surface area contributed by atoms with Gasteiger partial charge in [0.05, 0.1) is 0 Å². The highest BCUT2D eigenvalue weighted by Crippen LogP contribution is 2.54. The predicted octanol–water partition coefficient (Wildman–Crippen LogP) is 8.88. The number of fused-ring (bicyclic) bond motifs is 3. The number of rotatable bonds is 4. The standard InChI is InChI=1S/C33H29N/c1-33(2)30-14-8-6-13-28(30)29-21-18-25(22-31(29)33)23-16-19-26(20-17-23)34-32-15-9-7-12-27(32)24-10-4-3-5-11-24/h3-21,31,34H,22H2,1-2H3. The Morgan fingerprint density at radius 2 is 1.32 bits per heavy atom. The van der Waals surface area contributed by atoms with Gasteiger partial charge < -0.3 is 5.32 Å². The van der Waals surface area contributed by atoms with Gasteiger partial charge in [0.2, 0.25) is 0 Å². The van der Waals surface area contributed by atoms with Crippen molar-refractivity contribution in [2.75, 3.05) is 5.32 Å². The Hall–Kier alpha value is -3.84. The molecule has 0 aromatic heterocycles. The van der Waals surface area contributed by atoms with Crippen LogP contribution in [0.4, 0.5) is 11.4 Å². The molecule has 0 amide bonds. The minimum Gasteiger partial charge on any atom is -0.355 e. The van der Waals surface area contributed by atoms with Crippen LogP contribution in [0.25, 0.3) is 22.3 Å². The lowest BCUT2D eigenvalue weighted by Crippen LogP contribution is -2.24. The van der Waals surface area contributed by atoms with E-state index >= 15 is 0 Å². The summed E-state index contributed by atoms with van der Waals surface area (Å²) >= 11 is 0. The number of para-hydroxylation sites is 1. The third kappa shape index (κ3) is 3.49. The van der Waals surface area contributed by atoms with Gasteiger partial charge in [0.25, 0.3) is 0 Å². The molecule has 0 aliphatic heterocycles. The number of hydrogen-bond donors (Lipinski definition) is 1. The summed E-state index contributed by atoms with van der Waals surface area (Å²) in [6.07, 6.45) is 5.77. The van der Waals surface area contributed by atoms with Gasteiger partial charge in [-0.15, -0.1) is 0 Å². The summed E-state index contributed by atoms with van der Waals surface area (Å²) in [6, 6.07) is 36.9. The first-order valence-corrected chi connectivity index (χ1v) is 12.1. The van der Waals surface area contributed by atoms with Crippen LogP contribution in [0, 0.1) is 5.92 Å². The van der Waals surface area contributed by atoms with Crippen LogP contribution >= 0.6 is 0 Å². The zero-order valence-electron chi connectivity index (χ0n) is 19.8. The van der Waals surface area contributed by atoms with Crippen molar-refractivity contribution in [3.8, 4) is 11.1 Å². The van der Waals surface area contributed by atoms with Gasteiger partial charge >= 0.3 is 0 Å². The Kier molecular flexibility index (Phi) is 4.99. The van der Waals surface area contributed by atoms with Gasteiger partial charge in [0.1, 0.15) is 0 Å². The number of anilines is 2. The van der Waals surface area contributed by atoms with Crippen LogP contribution in [0.3, 0.4) is 0 Å². The molecule has 1 unspecified atom stereocenters. The molecule has 1 nitrogen and oxygen atoms in total. The van der Waals surface area contributed by atoms with E-state index in [1.54, 1.807) is 0 Å². The first kappa shape index (κ1) is 20.7. The molecular formula is C33H29N. The van der Waals surface area contributed by atoms with Crippen molar-refractivity contribution in [2.45, 2.75) is 25.7 Å². The highest BCUT2D eigenvalue weighted by molar-refractivity contribution is 5.86. The molecule has 0 spiro atoms. The Labute approximate surface area is 202 Å². The molecule has 4 aromatic carbocycles. The molecule has 0 fully saturated rings. The van der Waals surface area contributed by atoms with Crippen LogP contribution in [0.1, 0.15) is 37.0 Å². The van der Waals surface area contributed by atoms with Crippen LogP contribution in [0.2, 0.25) is 0 Å². The molecule has 0 bridgehead atoms. The predicted molar refractivity (Wildman–Crippen MR) is 145 cm³/mol. The van der Waals surface area contributed by atoms with Gasteiger partial charge in [-0.3, -0.25) is 0 Å². The first-order valence-electron chi connectivity index (χ1n) is 12.1. The number of hydrogen-bond acceptors (Lipinski definition) is 1. The molecule has 1 heteroatoms. The number of allylic oxidation sites excluding steroid dienone is 4. The van der Waals surface area contributed by atoms with Crippen molar-refractivity contribution in [1.82, 2.24) is 0 Å². The molecule has 6 rings (SSSR count). The van der Waals surface area contributed by atoms with E-state index in [0.717, 1.165) is 17.8 Å². The summed E-state index contributed by atoms with van der Waals surface area (Å²) in [5.41, 5.74) is 12.0. The van der Waals surface area contributed by atoms with Gasteiger partial charge in [-0.1, -0.05) is 111 Å². The maximum absolute atomic E-state index is 3.63. The van der Waals surface area contributed by atoms with Gasteiger partial charge in [-0.25, -0.2) is 0 Å². The van der Waals surface area contributed by atoms with Crippen LogP contribution in [-0.2, 0) is 5.41 Å². The minimum absolute atomic E-state index is 0.157. The molecule has 34 heavy (non-hydrogen) atoms. The second kappa shape index (κ2) is 8.18. The molecule has 1 N–H and O–H groups in total. The second-order valence-electron chi connectivity index (χ2n) is 9.95. The summed E-state index contributed by atoms with van der Waals surface area (Å²) in [4.78, 5) is 0. The lowest BCUT2D eigenvalue weighted by Gasteiger charge is -2.31. The van der Waals surface area contributed by atoms with Crippen molar-refractivity contribution in [2.24, 2.45) is 5.92 Å². The quantitative estimate of drug-likeness (QED) is 0.335. The van der Waals surface area contributed by atoms with Crippen molar-refractivity contribution in [3.63, 3.8) is 0 Å². The summed E-state index contributed by atoms with van der Waals surface area (Å²) < 4.78 is 0. The van der Waals surface area contributed by atoms with E-state index in [9.17, 15) is 0 Å². The Balaban J connectivity index is 1.26. The molecule has 2 aliphatic rings. The van der Waals surface area contributed by atoms with Crippen LogP contribution in [0.15, 0.2) is 115 Å². The summed E-state index contributed by atoms with van der Waals surface area (Å²) in [7, 11) is 0. The van der Waals surface area contributed by atoms with E-state index in [4.69, 9.17) is 0 Å². The zero-order chi connectivity index (χ0) is 23.1. The average molecular weight is 440 g/mol. The van der Waals surface area contributed by atoms with E-state index in [1.165, 1.54) is 39.0 Å². The molecule has 0 saturated heterocycles. The molecule has 0 radical (unpaired) electrons. The fourth-order valence-corrected chi connectivity index (χ4v) is 5.71. The van der Waals surface area contributed by atoms with E-state index in [2.05, 4.69) is 134 Å². The van der Waals surface area contributed by atoms with Crippen LogP contribution < -0.4 is 5.32 Å². The maximum Gasteiger partial charge on any atom is 0.0463 e. The Morgan fingerprint density at radius 1 is 0.647 bits per heavy atom. The Bertz CT molecular complexity index is 1400. The van der Waals surface area contributed by atoms with E-state index in [1.807, 2.05) is 0 Å². The van der Waals surface area contributed by atoms with E-state index in [-0.39, 0.29) is 5.41 Å². The summed E-state index contributed by atoms with van der Waals surface area (Å²) in [5.74, 6) is 0.528. The molecule has 0 heterocycles. The smallest absolute Gasteiger partial charge is 0.0463 e. The molecule has 4 aromatic rings. The first-order chi connectivity index (χ1) is 16.6. The highest BCUT2D eigenvalue weighted by Gasteiger charge is 2.43. The van der Waals surface area contributed by atoms with Gasteiger partial charge in [-0.05, 0) is 69.4 Å². The largest absolute Gasteiger partial charge is 0.355 e. The Morgan fingerprint density at radius 3 is 2.12 bits per heavy atom. The molecule has 0 saturated carbocycles. The fraction of sp³-hybridized carbons (Fsp3) is 0.152. The third-order valence-corrected chi connectivity index (χ3v) is 7.61. The molecule has 2 aliphatic carbocycles. The number of nitrogens with one attached hydrogen (secondary N) is 1. The summed E-state index contributed by atoms with van der Waals surface area (Å²) in [6.45, 7) is 4.80. The van der Waals surface area contributed by atoms with E-state index in [0.29, 0.717) is 5.92 Å². The lowest BCUT2D eigenvalue weighted by atomic mass is 9.72. The monoisotopic (exact) mass is 439 g/mol. The summed E-state index contributed by atoms with van der Waals surface area (Å²) in [5, 5.41) is 3.63. The fourth-order valence-electron chi connectivity index (χ4n) is 5.71. The normalized spacial score (nSPS) is 17.9. The van der Waals surface area contributed by atoms with Gasteiger partial charge in [0, 0.05) is 16.9 Å². The maximum atomic E-state index is 3.63. The molecule has 1 atom stereocenters. The highest BCUT2D eigenvalue weighted by atomic mass is 14.9.